The van der Waals surface area contributed by atoms with Gasteiger partial charge in [0, 0.05) is 17.8 Å². The van der Waals surface area contributed by atoms with Crippen molar-refractivity contribution < 1.29 is 0 Å². The summed E-state index contributed by atoms with van der Waals surface area (Å²) in [5.74, 6) is 0. The lowest BCUT2D eigenvalue weighted by Gasteiger charge is -2.27. The molecule has 1 saturated carbocycles. The summed E-state index contributed by atoms with van der Waals surface area (Å²) < 4.78 is 0.512. The van der Waals surface area contributed by atoms with Gasteiger partial charge < -0.3 is 5.32 Å². The van der Waals surface area contributed by atoms with Crippen molar-refractivity contribution in [2.24, 2.45) is 0 Å². The maximum atomic E-state index is 3.68. The predicted molar refractivity (Wildman–Crippen MR) is 82.3 cm³/mol. The van der Waals surface area contributed by atoms with E-state index in [-0.39, 0.29) is 0 Å². The molecule has 0 bridgehead atoms. The summed E-state index contributed by atoms with van der Waals surface area (Å²) in [6, 6.07) is 6.73. The zero-order chi connectivity index (χ0) is 13.0. The van der Waals surface area contributed by atoms with Gasteiger partial charge in [0.2, 0.25) is 0 Å². The molecule has 1 fully saturated rings. The standard InChI is InChI=1S/C16H25NS/c1-13-6-7-14(2)15(10-13)11-17-12-16(18-3)8-4-5-9-16/h6-7,10,17H,4-5,8-9,11-12H2,1-3H3. The number of hydrogen-bond donors (Lipinski definition) is 1. The molecule has 0 spiro atoms. The second kappa shape index (κ2) is 6.12. The van der Waals surface area contributed by atoms with Crippen LogP contribution in [0.1, 0.15) is 42.4 Å². The summed E-state index contributed by atoms with van der Waals surface area (Å²) in [6.45, 7) is 6.54. The fourth-order valence-electron chi connectivity index (χ4n) is 2.89. The SMILES string of the molecule is CSC1(CNCc2cc(C)ccc2C)CCCC1. The Morgan fingerprint density at radius 1 is 1.22 bits per heavy atom. The number of thioether (sulfide) groups is 1. The lowest BCUT2D eigenvalue weighted by Crippen LogP contribution is -2.34. The largest absolute Gasteiger partial charge is 0.311 e. The Balaban J connectivity index is 1.89. The van der Waals surface area contributed by atoms with Crippen molar-refractivity contribution in [3.63, 3.8) is 0 Å². The average Bonchev–Trinajstić information content (AvgIpc) is 2.83. The Labute approximate surface area is 116 Å². The highest BCUT2D eigenvalue weighted by Crippen LogP contribution is 2.39. The molecule has 1 nitrogen and oxygen atoms in total. The molecule has 1 aromatic carbocycles. The van der Waals surface area contributed by atoms with Crippen LogP contribution in [0.25, 0.3) is 0 Å². The second-order valence-electron chi connectivity index (χ2n) is 5.63. The van der Waals surface area contributed by atoms with E-state index in [0.29, 0.717) is 4.75 Å². The monoisotopic (exact) mass is 263 g/mol. The molecular formula is C16H25NS. The third kappa shape index (κ3) is 3.30. The number of hydrogen-bond acceptors (Lipinski definition) is 2. The van der Waals surface area contributed by atoms with Gasteiger partial charge in [0.15, 0.2) is 0 Å². The Morgan fingerprint density at radius 2 is 1.94 bits per heavy atom. The first kappa shape index (κ1) is 14.0. The van der Waals surface area contributed by atoms with E-state index in [0.717, 1.165) is 13.1 Å². The molecule has 0 amide bonds. The second-order valence-corrected chi connectivity index (χ2v) is 6.90. The van der Waals surface area contributed by atoms with E-state index < -0.39 is 0 Å². The Kier molecular flexibility index (Phi) is 4.74. The number of nitrogens with one attached hydrogen (secondary N) is 1. The molecule has 0 saturated heterocycles. The highest BCUT2D eigenvalue weighted by molar-refractivity contribution is 8.00. The summed E-state index contributed by atoms with van der Waals surface area (Å²) in [5.41, 5.74) is 4.21. The van der Waals surface area contributed by atoms with Crippen molar-refractivity contribution in [3.05, 3.63) is 34.9 Å². The third-order valence-electron chi connectivity index (χ3n) is 4.22. The van der Waals surface area contributed by atoms with Crippen LogP contribution in [0.15, 0.2) is 18.2 Å². The summed E-state index contributed by atoms with van der Waals surface area (Å²) >= 11 is 2.06. The maximum Gasteiger partial charge on any atom is 0.0281 e. The van der Waals surface area contributed by atoms with Gasteiger partial charge in [-0.25, -0.2) is 0 Å². The molecule has 0 aromatic heterocycles. The van der Waals surface area contributed by atoms with Gasteiger partial charge in [-0.15, -0.1) is 0 Å². The summed E-state index contributed by atoms with van der Waals surface area (Å²) in [6.07, 6.45) is 7.85. The van der Waals surface area contributed by atoms with Crippen LogP contribution in [0.4, 0.5) is 0 Å². The molecule has 0 atom stereocenters. The molecule has 2 rings (SSSR count). The van der Waals surface area contributed by atoms with Crippen LogP contribution in [-0.2, 0) is 6.54 Å². The Hall–Kier alpha value is -0.470. The topological polar surface area (TPSA) is 12.0 Å². The quantitative estimate of drug-likeness (QED) is 0.859. The first-order chi connectivity index (χ1) is 8.65. The summed E-state index contributed by atoms with van der Waals surface area (Å²) in [7, 11) is 0. The van der Waals surface area contributed by atoms with Crippen LogP contribution in [0.2, 0.25) is 0 Å². The molecule has 1 aliphatic carbocycles. The molecule has 1 N–H and O–H groups in total. The maximum absolute atomic E-state index is 3.68. The zero-order valence-electron chi connectivity index (χ0n) is 11.9. The van der Waals surface area contributed by atoms with E-state index in [1.807, 2.05) is 0 Å². The molecule has 100 valence electrons. The van der Waals surface area contributed by atoms with E-state index in [2.05, 4.69) is 55.4 Å². The van der Waals surface area contributed by atoms with Gasteiger partial charge in [-0.2, -0.15) is 11.8 Å². The fraction of sp³-hybridized carbons (Fsp3) is 0.625. The lowest BCUT2D eigenvalue weighted by molar-refractivity contribution is 0.533. The van der Waals surface area contributed by atoms with E-state index >= 15 is 0 Å². The molecule has 18 heavy (non-hydrogen) atoms. The fourth-order valence-corrected chi connectivity index (χ4v) is 3.83. The number of rotatable bonds is 5. The molecular weight excluding hydrogens is 238 g/mol. The minimum absolute atomic E-state index is 0.512. The molecule has 1 aromatic rings. The van der Waals surface area contributed by atoms with Gasteiger partial charge in [0.05, 0.1) is 0 Å². The highest BCUT2D eigenvalue weighted by atomic mass is 32.2. The van der Waals surface area contributed by atoms with E-state index in [1.165, 1.54) is 42.4 Å². The van der Waals surface area contributed by atoms with Gasteiger partial charge in [-0.1, -0.05) is 36.6 Å². The van der Waals surface area contributed by atoms with Crippen molar-refractivity contribution in [1.82, 2.24) is 5.32 Å². The summed E-state index contributed by atoms with van der Waals surface area (Å²) in [5, 5.41) is 3.68. The first-order valence-electron chi connectivity index (χ1n) is 6.97. The molecule has 0 heterocycles. The van der Waals surface area contributed by atoms with Crippen LogP contribution >= 0.6 is 11.8 Å². The van der Waals surface area contributed by atoms with Crippen LogP contribution in [0, 0.1) is 13.8 Å². The van der Waals surface area contributed by atoms with Gasteiger partial charge >= 0.3 is 0 Å². The van der Waals surface area contributed by atoms with Gasteiger partial charge in [-0.05, 0) is 44.1 Å². The molecule has 2 heteroatoms. The highest BCUT2D eigenvalue weighted by Gasteiger charge is 2.32. The zero-order valence-corrected chi connectivity index (χ0v) is 12.7. The van der Waals surface area contributed by atoms with Crippen LogP contribution in [-0.4, -0.2) is 17.5 Å². The molecule has 0 unspecified atom stereocenters. The minimum Gasteiger partial charge on any atom is -0.311 e. The minimum atomic E-state index is 0.512. The van der Waals surface area contributed by atoms with Crippen LogP contribution in [0.5, 0.6) is 0 Å². The van der Waals surface area contributed by atoms with Gasteiger partial charge in [0.25, 0.3) is 0 Å². The van der Waals surface area contributed by atoms with Gasteiger partial charge in [-0.3, -0.25) is 0 Å². The number of aryl methyl sites for hydroxylation is 2. The van der Waals surface area contributed by atoms with Crippen molar-refractivity contribution in [3.8, 4) is 0 Å². The third-order valence-corrected chi connectivity index (χ3v) is 5.63. The molecule has 0 radical (unpaired) electrons. The first-order valence-corrected chi connectivity index (χ1v) is 8.20. The van der Waals surface area contributed by atoms with E-state index in [4.69, 9.17) is 0 Å². The van der Waals surface area contributed by atoms with Crippen molar-refractivity contribution in [2.75, 3.05) is 12.8 Å². The molecule has 0 aliphatic heterocycles. The van der Waals surface area contributed by atoms with Crippen LogP contribution in [0.3, 0.4) is 0 Å². The number of benzene rings is 1. The van der Waals surface area contributed by atoms with E-state index in [1.54, 1.807) is 0 Å². The van der Waals surface area contributed by atoms with Gasteiger partial charge in [0.1, 0.15) is 0 Å². The van der Waals surface area contributed by atoms with Crippen molar-refractivity contribution >= 4 is 11.8 Å². The lowest BCUT2D eigenvalue weighted by atomic mass is 10.0. The van der Waals surface area contributed by atoms with E-state index in [9.17, 15) is 0 Å². The van der Waals surface area contributed by atoms with Crippen LogP contribution < -0.4 is 5.32 Å². The van der Waals surface area contributed by atoms with Crippen molar-refractivity contribution in [1.29, 1.82) is 0 Å². The Bertz CT molecular complexity index is 394. The Morgan fingerprint density at radius 3 is 2.61 bits per heavy atom. The summed E-state index contributed by atoms with van der Waals surface area (Å²) in [4.78, 5) is 0. The average molecular weight is 263 g/mol. The van der Waals surface area contributed by atoms with Crippen molar-refractivity contribution in [2.45, 2.75) is 50.8 Å². The predicted octanol–water partition coefficient (Wildman–Crippen LogP) is 4.07. The normalized spacial score (nSPS) is 18.2. The molecule has 1 aliphatic rings. The smallest absolute Gasteiger partial charge is 0.0281 e.